The highest BCUT2D eigenvalue weighted by molar-refractivity contribution is 8.01. The molecule has 0 aliphatic carbocycles. The highest BCUT2D eigenvalue weighted by atomic mass is 32.2. The zero-order chi connectivity index (χ0) is 17.6. The van der Waals surface area contributed by atoms with Gasteiger partial charge >= 0.3 is 5.97 Å². The average molecular weight is 343 g/mol. The third-order valence-electron chi connectivity index (χ3n) is 2.96. The van der Waals surface area contributed by atoms with E-state index < -0.39 is 23.2 Å². The van der Waals surface area contributed by atoms with E-state index in [0.29, 0.717) is 11.6 Å². The molecule has 128 valence electrons. The van der Waals surface area contributed by atoms with Gasteiger partial charge in [-0.15, -0.1) is 11.8 Å². The summed E-state index contributed by atoms with van der Waals surface area (Å²) >= 11 is 1.11. The molecular formula is C14H21N3O5S. The zero-order valence-electron chi connectivity index (χ0n) is 13.5. The van der Waals surface area contributed by atoms with E-state index in [1.807, 2.05) is 0 Å². The first-order chi connectivity index (χ1) is 10.7. The van der Waals surface area contributed by atoms with Crippen LogP contribution < -0.4 is 10.6 Å². The molecule has 1 aromatic rings. The van der Waals surface area contributed by atoms with Crippen molar-refractivity contribution in [3.05, 3.63) is 11.8 Å². The molecule has 0 radical (unpaired) electrons. The largest absolute Gasteiger partial charge is 0.480 e. The van der Waals surface area contributed by atoms with Crippen LogP contribution in [0.5, 0.6) is 0 Å². The molecule has 1 heterocycles. The Morgan fingerprint density at radius 1 is 1.35 bits per heavy atom. The molecule has 3 N–H and O–H groups in total. The van der Waals surface area contributed by atoms with Crippen LogP contribution in [0, 0.1) is 12.8 Å². The van der Waals surface area contributed by atoms with E-state index in [-0.39, 0.29) is 17.6 Å². The highest BCUT2D eigenvalue weighted by Gasteiger charge is 2.24. The topological polar surface area (TPSA) is 122 Å². The molecule has 0 fully saturated rings. The van der Waals surface area contributed by atoms with Crippen LogP contribution in [0.25, 0.3) is 0 Å². The smallest absolute Gasteiger partial charge is 0.326 e. The minimum Gasteiger partial charge on any atom is -0.480 e. The summed E-state index contributed by atoms with van der Waals surface area (Å²) in [6.45, 7) is 6.78. The van der Waals surface area contributed by atoms with Gasteiger partial charge in [0.1, 0.15) is 11.8 Å². The summed E-state index contributed by atoms with van der Waals surface area (Å²) in [6, 6.07) is 0.646. The Balaban J connectivity index is 2.42. The lowest BCUT2D eigenvalue weighted by atomic mass is 10.1. The van der Waals surface area contributed by atoms with E-state index in [2.05, 4.69) is 15.8 Å². The van der Waals surface area contributed by atoms with Crippen molar-refractivity contribution in [1.82, 2.24) is 10.5 Å². The van der Waals surface area contributed by atoms with E-state index in [0.717, 1.165) is 11.8 Å². The summed E-state index contributed by atoms with van der Waals surface area (Å²) < 4.78 is 4.84. The van der Waals surface area contributed by atoms with Crippen molar-refractivity contribution in [2.24, 2.45) is 5.92 Å². The van der Waals surface area contributed by atoms with Crippen LogP contribution in [0.1, 0.15) is 26.5 Å². The van der Waals surface area contributed by atoms with E-state index >= 15 is 0 Å². The third-order valence-corrected chi connectivity index (χ3v) is 4.11. The van der Waals surface area contributed by atoms with Crippen molar-refractivity contribution in [3.63, 3.8) is 0 Å². The maximum absolute atomic E-state index is 11.9. The minimum atomic E-state index is -1.08. The van der Waals surface area contributed by atoms with E-state index in [1.165, 1.54) is 0 Å². The van der Waals surface area contributed by atoms with Gasteiger partial charge in [-0.05, 0) is 19.8 Å². The van der Waals surface area contributed by atoms with Crippen LogP contribution >= 0.6 is 11.8 Å². The predicted octanol–water partition coefficient (Wildman–Crippen LogP) is 1.27. The van der Waals surface area contributed by atoms with E-state index in [9.17, 15) is 14.4 Å². The summed E-state index contributed by atoms with van der Waals surface area (Å²) in [5.41, 5.74) is 0. The first-order valence-corrected chi connectivity index (χ1v) is 8.13. The number of aromatic nitrogens is 1. The van der Waals surface area contributed by atoms with Crippen LogP contribution in [-0.2, 0) is 14.4 Å². The molecule has 0 aromatic carbocycles. The van der Waals surface area contributed by atoms with Crippen LogP contribution in [0.3, 0.4) is 0 Å². The maximum atomic E-state index is 11.9. The Morgan fingerprint density at radius 3 is 2.48 bits per heavy atom. The van der Waals surface area contributed by atoms with Gasteiger partial charge in [0.2, 0.25) is 11.8 Å². The number of carbonyl (C=O) groups excluding carboxylic acids is 2. The van der Waals surface area contributed by atoms with Gasteiger partial charge in [0.15, 0.2) is 5.82 Å². The molecule has 0 spiro atoms. The Hall–Kier alpha value is -2.03. The standard InChI is InChI=1S/C14H21N3O5S/c1-7(2)12(14(20)21)16-11(18)6-23-9(4)13(19)15-10-5-8(3)22-17-10/h5,7,9,12H,6H2,1-4H3,(H,16,18)(H,20,21)(H,15,17,19)/t9?,12-/m0/s1. The Morgan fingerprint density at radius 2 is 2.00 bits per heavy atom. The average Bonchev–Trinajstić information content (AvgIpc) is 2.86. The summed E-state index contributed by atoms with van der Waals surface area (Å²) in [5.74, 6) is -1.16. The second kappa shape index (κ2) is 8.56. The molecule has 0 bridgehead atoms. The number of nitrogens with zero attached hydrogens (tertiary/aromatic N) is 1. The van der Waals surface area contributed by atoms with Crippen LogP contribution in [0.2, 0.25) is 0 Å². The number of rotatable bonds is 8. The number of hydrogen-bond acceptors (Lipinski definition) is 6. The molecule has 1 aromatic heterocycles. The van der Waals surface area contributed by atoms with Crippen molar-refractivity contribution in [2.75, 3.05) is 11.1 Å². The molecule has 0 saturated heterocycles. The molecule has 1 rings (SSSR count). The summed E-state index contributed by atoms with van der Waals surface area (Å²) in [4.78, 5) is 34.8. The van der Waals surface area contributed by atoms with Crippen LogP contribution in [0.15, 0.2) is 10.6 Å². The molecule has 9 heteroatoms. The van der Waals surface area contributed by atoms with Gasteiger partial charge in [0, 0.05) is 6.07 Å². The summed E-state index contributed by atoms with van der Waals surface area (Å²) in [6.07, 6.45) is 0. The number of anilines is 1. The SMILES string of the molecule is Cc1cc(NC(=O)C(C)SCC(=O)N[C@H](C(=O)O)C(C)C)no1. The monoisotopic (exact) mass is 343 g/mol. The number of carboxylic acids is 1. The summed E-state index contributed by atoms with van der Waals surface area (Å²) in [5, 5.41) is 17.2. The van der Waals surface area contributed by atoms with Gasteiger partial charge < -0.3 is 20.3 Å². The maximum Gasteiger partial charge on any atom is 0.326 e. The molecule has 0 aliphatic rings. The fraction of sp³-hybridized carbons (Fsp3) is 0.571. The lowest BCUT2D eigenvalue weighted by molar-refractivity contribution is -0.142. The number of nitrogens with one attached hydrogen (secondary N) is 2. The minimum absolute atomic E-state index is 0.0110. The van der Waals surface area contributed by atoms with Gasteiger partial charge in [0.05, 0.1) is 11.0 Å². The van der Waals surface area contributed by atoms with Gasteiger partial charge in [-0.1, -0.05) is 19.0 Å². The molecule has 23 heavy (non-hydrogen) atoms. The van der Waals surface area contributed by atoms with Crippen LogP contribution in [0.4, 0.5) is 5.82 Å². The number of aliphatic carboxylic acids is 1. The van der Waals surface area contributed by atoms with E-state index in [1.54, 1.807) is 33.8 Å². The molecule has 2 atom stereocenters. The second-order valence-electron chi connectivity index (χ2n) is 5.39. The van der Waals surface area contributed by atoms with Crippen molar-refractivity contribution < 1.29 is 24.0 Å². The number of amides is 2. The molecule has 0 aliphatic heterocycles. The molecule has 1 unspecified atom stereocenters. The fourth-order valence-corrected chi connectivity index (χ4v) is 2.35. The molecule has 8 nitrogen and oxygen atoms in total. The van der Waals surface area contributed by atoms with Gasteiger partial charge in [-0.3, -0.25) is 9.59 Å². The third kappa shape index (κ3) is 6.31. The number of aryl methyl sites for hydroxylation is 1. The van der Waals surface area contributed by atoms with Crippen LogP contribution in [-0.4, -0.2) is 45.1 Å². The second-order valence-corrected chi connectivity index (χ2v) is 6.72. The van der Waals surface area contributed by atoms with Gasteiger partial charge in [-0.25, -0.2) is 4.79 Å². The van der Waals surface area contributed by atoms with E-state index in [4.69, 9.17) is 9.63 Å². The van der Waals surface area contributed by atoms with Crippen molar-refractivity contribution in [2.45, 2.75) is 39.0 Å². The summed E-state index contributed by atoms with van der Waals surface area (Å²) in [7, 11) is 0. The predicted molar refractivity (Wildman–Crippen MR) is 86.2 cm³/mol. The number of hydrogen-bond donors (Lipinski definition) is 3. The number of carbonyl (C=O) groups is 3. The van der Waals surface area contributed by atoms with Crippen molar-refractivity contribution in [1.29, 1.82) is 0 Å². The van der Waals surface area contributed by atoms with Crippen molar-refractivity contribution >= 4 is 35.4 Å². The molecular weight excluding hydrogens is 322 g/mol. The van der Waals surface area contributed by atoms with Crippen molar-refractivity contribution in [3.8, 4) is 0 Å². The molecule has 0 saturated carbocycles. The Bertz CT molecular complexity index is 573. The Kier molecular flexibility index (Phi) is 7.08. The first-order valence-electron chi connectivity index (χ1n) is 7.08. The van der Waals surface area contributed by atoms with Gasteiger partial charge in [-0.2, -0.15) is 0 Å². The highest BCUT2D eigenvalue weighted by Crippen LogP contribution is 2.14. The quantitative estimate of drug-likeness (QED) is 0.649. The number of carboxylic acid groups (broad SMARTS) is 1. The fourth-order valence-electron chi connectivity index (χ4n) is 1.66. The normalized spacial score (nSPS) is 13.4. The lowest BCUT2D eigenvalue weighted by Gasteiger charge is -2.18. The van der Waals surface area contributed by atoms with Gasteiger partial charge in [0.25, 0.3) is 0 Å². The lowest BCUT2D eigenvalue weighted by Crippen LogP contribution is -2.45. The number of thioether (sulfide) groups is 1. The Labute approximate surface area is 138 Å². The molecule has 2 amide bonds. The zero-order valence-corrected chi connectivity index (χ0v) is 14.3. The first kappa shape index (κ1) is 19.0.